The van der Waals surface area contributed by atoms with Gasteiger partial charge >= 0.3 is 0 Å². The number of carbonyl (C=O) groups excluding carboxylic acids is 1. The van der Waals surface area contributed by atoms with Gasteiger partial charge in [-0.1, -0.05) is 0 Å². The molecule has 0 N–H and O–H groups in total. The molecule has 1 aliphatic heterocycles. The highest BCUT2D eigenvalue weighted by molar-refractivity contribution is 5.64. The van der Waals surface area contributed by atoms with E-state index in [1.165, 1.54) is 6.08 Å². The SMILES string of the molecule is C[C@@H]1OC(C)(C)O[C@H]1/C=C/C=O. The lowest BCUT2D eigenvalue weighted by molar-refractivity contribution is -0.141. The van der Waals surface area contributed by atoms with Gasteiger partial charge in [0, 0.05) is 0 Å². The molecule has 0 unspecified atom stereocenters. The summed E-state index contributed by atoms with van der Waals surface area (Å²) in [6.45, 7) is 5.64. The molecule has 1 saturated heterocycles. The smallest absolute Gasteiger partial charge is 0.164 e. The summed E-state index contributed by atoms with van der Waals surface area (Å²) in [5, 5.41) is 0. The third-order valence-electron chi connectivity index (χ3n) is 1.73. The average Bonchev–Trinajstić information content (AvgIpc) is 2.20. The van der Waals surface area contributed by atoms with Gasteiger partial charge in [-0.15, -0.1) is 0 Å². The molecule has 68 valence electrons. The van der Waals surface area contributed by atoms with Crippen molar-refractivity contribution < 1.29 is 14.3 Å². The van der Waals surface area contributed by atoms with Gasteiger partial charge in [-0.05, 0) is 32.9 Å². The molecule has 1 heterocycles. The van der Waals surface area contributed by atoms with Crippen molar-refractivity contribution in [2.24, 2.45) is 0 Å². The van der Waals surface area contributed by atoms with E-state index in [0.29, 0.717) is 0 Å². The van der Waals surface area contributed by atoms with Gasteiger partial charge in [-0.2, -0.15) is 0 Å². The zero-order valence-corrected chi connectivity index (χ0v) is 7.61. The summed E-state index contributed by atoms with van der Waals surface area (Å²) in [7, 11) is 0. The largest absolute Gasteiger partial charge is 0.345 e. The van der Waals surface area contributed by atoms with E-state index in [-0.39, 0.29) is 12.2 Å². The molecule has 0 saturated carbocycles. The van der Waals surface area contributed by atoms with Crippen LogP contribution in [0.5, 0.6) is 0 Å². The molecule has 0 aliphatic carbocycles. The van der Waals surface area contributed by atoms with Crippen molar-refractivity contribution in [3.05, 3.63) is 12.2 Å². The van der Waals surface area contributed by atoms with Gasteiger partial charge in [-0.25, -0.2) is 0 Å². The molecule has 12 heavy (non-hydrogen) atoms. The molecule has 1 fully saturated rings. The Hall–Kier alpha value is -0.670. The number of rotatable bonds is 2. The molecule has 0 bridgehead atoms. The lowest BCUT2D eigenvalue weighted by atomic mass is 10.2. The first-order valence-corrected chi connectivity index (χ1v) is 4.03. The standard InChI is InChI=1S/C9H14O3/c1-7-8(5-4-6-10)12-9(2,3)11-7/h4-8H,1-3H3/b5-4+/t7-,8-/m0/s1. The van der Waals surface area contributed by atoms with Gasteiger partial charge < -0.3 is 9.47 Å². The molecule has 0 amide bonds. The molecular formula is C9H14O3. The van der Waals surface area contributed by atoms with Gasteiger partial charge in [0.15, 0.2) is 5.79 Å². The van der Waals surface area contributed by atoms with Gasteiger partial charge in [0.2, 0.25) is 0 Å². The van der Waals surface area contributed by atoms with E-state index < -0.39 is 5.79 Å². The molecule has 0 aromatic heterocycles. The fourth-order valence-electron chi connectivity index (χ4n) is 1.32. The van der Waals surface area contributed by atoms with Crippen molar-refractivity contribution in [3.8, 4) is 0 Å². The lowest BCUT2D eigenvalue weighted by Crippen LogP contribution is -2.20. The lowest BCUT2D eigenvalue weighted by Gasteiger charge is -2.15. The second-order valence-electron chi connectivity index (χ2n) is 3.33. The molecule has 2 atom stereocenters. The summed E-state index contributed by atoms with van der Waals surface area (Å²) in [6.07, 6.45) is 3.79. The van der Waals surface area contributed by atoms with Gasteiger partial charge in [-0.3, -0.25) is 4.79 Å². The quantitative estimate of drug-likeness (QED) is 0.462. The fraction of sp³-hybridized carbons (Fsp3) is 0.667. The maximum atomic E-state index is 10.0. The molecule has 1 aliphatic rings. The summed E-state index contributed by atoms with van der Waals surface area (Å²) in [4.78, 5) is 10.0. The van der Waals surface area contributed by atoms with E-state index in [1.54, 1.807) is 6.08 Å². The molecule has 0 radical (unpaired) electrons. The molecule has 1 rings (SSSR count). The topological polar surface area (TPSA) is 35.5 Å². The van der Waals surface area contributed by atoms with Gasteiger partial charge in [0.05, 0.1) is 6.10 Å². The van der Waals surface area contributed by atoms with Crippen LogP contribution in [0, 0.1) is 0 Å². The second-order valence-corrected chi connectivity index (χ2v) is 3.33. The summed E-state index contributed by atoms with van der Waals surface area (Å²) in [6, 6.07) is 0. The second kappa shape index (κ2) is 3.37. The molecule has 3 nitrogen and oxygen atoms in total. The normalized spacial score (nSPS) is 34.2. The Morgan fingerprint density at radius 2 is 2.00 bits per heavy atom. The van der Waals surface area contributed by atoms with Crippen LogP contribution < -0.4 is 0 Å². The Bertz CT molecular complexity index is 196. The highest BCUT2D eigenvalue weighted by atomic mass is 16.7. The van der Waals surface area contributed by atoms with Crippen LogP contribution in [-0.2, 0) is 14.3 Å². The monoisotopic (exact) mass is 170 g/mol. The molecule has 0 aromatic rings. The van der Waals surface area contributed by atoms with Crippen molar-refractivity contribution >= 4 is 6.29 Å². The number of allylic oxidation sites excluding steroid dienone is 1. The van der Waals surface area contributed by atoms with Crippen molar-refractivity contribution in [1.82, 2.24) is 0 Å². The number of hydrogen-bond acceptors (Lipinski definition) is 3. The minimum Gasteiger partial charge on any atom is -0.345 e. The van der Waals surface area contributed by atoms with E-state index in [9.17, 15) is 4.79 Å². The van der Waals surface area contributed by atoms with Crippen molar-refractivity contribution in [2.75, 3.05) is 0 Å². The molecule has 0 aromatic carbocycles. The first-order valence-electron chi connectivity index (χ1n) is 4.03. The maximum Gasteiger partial charge on any atom is 0.164 e. The molecule has 3 heteroatoms. The zero-order valence-electron chi connectivity index (χ0n) is 7.61. The highest BCUT2D eigenvalue weighted by Gasteiger charge is 2.36. The Labute approximate surface area is 72.4 Å². The Balaban J connectivity index is 2.57. The zero-order chi connectivity index (χ0) is 9.19. The van der Waals surface area contributed by atoms with Crippen LogP contribution in [0.3, 0.4) is 0 Å². The first-order chi connectivity index (χ1) is 5.55. The van der Waals surface area contributed by atoms with Gasteiger partial charge in [0.25, 0.3) is 0 Å². The Kier molecular flexibility index (Phi) is 2.65. The minimum absolute atomic E-state index is 0.0104. The van der Waals surface area contributed by atoms with Crippen LogP contribution in [0.2, 0.25) is 0 Å². The number of ether oxygens (including phenoxy) is 2. The van der Waals surface area contributed by atoms with Crippen LogP contribution in [0.4, 0.5) is 0 Å². The van der Waals surface area contributed by atoms with Crippen LogP contribution in [0.25, 0.3) is 0 Å². The highest BCUT2D eigenvalue weighted by Crippen LogP contribution is 2.28. The van der Waals surface area contributed by atoms with Crippen molar-refractivity contribution in [3.63, 3.8) is 0 Å². The van der Waals surface area contributed by atoms with Gasteiger partial charge in [0.1, 0.15) is 12.4 Å². The van der Waals surface area contributed by atoms with E-state index in [0.717, 1.165) is 6.29 Å². The Morgan fingerprint density at radius 1 is 1.33 bits per heavy atom. The number of aldehydes is 1. The minimum atomic E-state index is -0.530. The summed E-state index contributed by atoms with van der Waals surface area (Å²) < 4.78 is 11.0. The Morgan fingerprint density at radius 3 is 2.42 bits per heavy atom. The van der Waals surface area contributed by atoms with Crippen molar-refractivity contribution in [1.29, 1.82) is 0 Å². The van der Waals surface area contributed by atoms with E-state index in [1.807, 2.05) is 20.8 Å². The van der Waals surface area contributed by atoms with E-state index in [2.05, 4.69) is 0 Å². The van der Waals surface area contributed by atoms with Crippen LogP contribution in [0.1, 0.15) is 20.8 Å². The summed E-state index contributed by atoms with van der Waals surface area (Å²) in [5.74, 6) is -0.530. The predicted octanol–water partition coefficient (Wildman–Crippen LogP) is 1.28. The third kappa shape index (κ3) is 2.16. The first kappa shape index (κ1) is 9.42. The third-order valence-corrected chi connectivity index (χ3v) is 1.73. The van der Waals surface area contributed by atoms with Crippen LogP contribution >= 0.6 is 0 Å². The van der Waals surface area contributed by atoms with Crippen molar-refractivity contribution in [2.45, 2.75) is 38.8 Å². The van der Waals surface area contributed by atoms with Crippen LogP contribution in [0.15, 0.2) is 12.2 Å². The molecule has 0 spiro atoms. The van der Waals surface area contributed by atoms with Crippen LogP contribution in [-0.4, -0.2) is 24.3 Å². The van der Waals surface area contributed by atoms with E-state index in [4.69, 9.17) is 9.47 Å². The van der Waals surface area contributed by atoms with E-state index >= 15 is 0 Å². The predicted molar refractivity (Wildman–Crippen MR) is 44.7 cm³/mol. The fourth-order valence-corrected chi connectivity index (χ4v) is 1.32. The maximum absolute atomic E-state index is 10.0. The summed E-state index contributed by atoms with van der Waals surface area (Å²) >= 11 is 0. The molecular weight excluding hydrogens is 156 g/mol. The number of carbonyl (C=O) groups is 1. The average molecular weight is 170 g/mol. The summed E-state index contributed by atoms with van der Waals surface area (Å²) in [5.41, 5.74) is 0. The number of hydrogen-bond donors (Lipinski definition) is 0.